The van der Waals surface area contributed by atoms with E-state index in [0.717, 1.165) is 12.1 Å². The maximum atomic E-state index is 6.42. The number of benzene rings is 1. The van der Waals surface area contributed by atoms with E-state index in [4.69, 9.17) is 21.1 Å². The third-order valence-electron chi connectivity index (χ3n) is 3.71. The summed E-state index contributed by atoms with van der Waals surface area (Å²) in [5.41, 5.74) is 0.994. The molecule has 0 spiro atoms. The number of nitrogens with zero attached hydrogens (tertiary/aromatic N) is 1. The molecule has 0 radical (unpaired) electrons. The van der Waals surface area contributed by atoms with Gasteiger partial charge in [-0.3, -0.25) is 0 Å². The van der Waals surface area contributed by atoms with Gasteiger partial charge in [0.05, 0.1) is 25.3 Å². The number of nitrogens with one attached hydrogen (secondary N) is 1. The van der Waals surface area contributed by atoms with Crippen molar-refractivity contribution in [3.05, 3.63) is 45.1 Å². The van der Waals surface area contributed by atoms with Crippen LogP contribution in [0.2, 0.25) is 5.02 Å². The van der Waals surface area contributed by atoms with E-state index in [-0.39, 0.29) is 0 Å². The summed E-state index contributed by atoms with van der Waals surface area (Å²) in [5.74, 6) is 1.22. The fourth-order valence-electron chi connectivity index (χ4n) is 2.43. The van der Waals surface area contributed by atoms with E-state index < -0.39 is 0 Å². The van der Waals surface area contributed by atoms with Crippen LogP contribution in [0.4, 0.5) is 0 Å². The molecule has 0 bridgehead atoms. The summed E-state index contributed by atoms with van der Waals surface area (Å²) in [5, 5.41) is 6.19. The van der Waals surface area contributed by atoms with Crippen LogP contribution in [0.5, 0.6) is 11.5 Å². The molecule has 1 atom stereocenters. The van der Waals surface area contributed by atoms with Gasteiger partial charge in [0.15, 0.2) is 11.5 Å². The first kappa shape index (κ1) is 18.1. The summed E-state index contributed by atoms with van der Waals surface area (Å²) in [6.07, 6.45) is 0. The van der Waals surface area contributed by atoms with Crippen LogP contribution >= 0.6 is 22.9 Å². The normalized spacial score (nSPS) is 12.4. The molecule has 0 aliphatic carbocycles. The van der Waals surface area contributed by atoms with Gasteiger partial charge in [0.1, 0.15) is 0 Å². The van der Waals surface area contributed by atoms with Crippen LogP contribution in [0.15, 0.2) is 29.6 Å². The van der Waals surface area contributed by atoms with Gasteiger partial charge in [0, 0.05) is 18.0 Å². The van der Waals surface area contributed by atoms with E-state index in [9.17, 15) is 0 Å². The van der Waals surface area contributed by atoms with E-state index in [1.165, 1.54) is 4.88 Å². The summed E-state index contributed by atoms with van der Waals surface area (Å²) < 4.78 is 10.6. The Bertz CT molecular complexity index is 617. The van der Waals surface area contributed by atoms with Gasteiger partial charge in [-0.25, -0.2) is 0 Å². The lowest BCUT2D eigenvalue weighted by molar-refractivity contribution is 0.292. The average Bonchev–Trinajstić information content (AvgIpc) is 3.06. The fourth-order valence-corrected chi connectivity index (χ4v) is 3.65. The largest absolute Gasteiger partial charge is 0.493 e. The van der Waals surface area contributed by atoms with Crippen LogP contribution in [0.1, 0.15) is 16.5 Å². The predicted octanol–water partition coefficient (Wildman–Crippen LogP) is 3.81. The standard InChI is InChI=1S/C17H23ClN2O2S/c1-20(2)13(15-6-5-9-23-15)11-19-10-12-7-8-14(21-3)17(22-4)16(12)18/h5-9,13,19H,10-11H2,1-4H3. The topological polar surface area (TPSA) is 33.7 Å². The van der Waals surface area contributed by atoms with E-state index in [0.29, 0.717) is 29.1 Å². The molecule has 6 heteroatoms. The highest BCUT2D eigenvalue weighted by molar-refractivity contribution is 7.10. The van der Waals surface area contributed by atoms with Gasteiger partial charge in [0.2, 0.25) is 0 Å². The van der Waals surface area contributed by atoms with Crippen molar-refractivity contribution in [3.63, 3.8) is 0 Å². The highest BCUT2D eigenvalue weighted by atomic mass is 35.5. The first-order valence-corrected chi connectivity index (χ1v) is 8.64. The Kier molecular flexibility index (Phi) is 6.72. The summed E-state index contributed by atoms with van der Waals surface area (Å²) in [4.78, 5) is 3.57. The highest BCUT2D eigenvalue weighted by Gasteiger charge is 2.16. The SMILES string of the molecule is COc1ccc(CNCC(c2cccs2)N(C)C)c(Cl)c1OC. The van der Waals surface area contributed by atoms with Crippen molar-refractivity contribution < 1.29 is 9.47 Å². The quantitative estimate of drug-likeness (QED) is 0.781. The Morgan fingerprint density at radius 2 is 2.00 bits per heavy atom. The maximum absolute atomic E-state index is 6.42. The van der Waals surface area contributed by atoms with Gasteiger partial charge < -0.3 is 19.7 Å². The molecule has 23 heavy (non-hydrogen) atoms. The Morgan fingerprint density at radius 1 is 1.22 bits per heavy atom. The molecule has 126 valence electrons. The van der Waals surface area contributed by atoms with Gasteiger partial charge in [-0.2, -0.15) is 0 Å². The second-order valence-corrected chi connectivity index (χ2v) is 6.76. The molecule has 1 N–H and O–H groups in total. The molecule has 0 saturated carbocycles. The minimum Gasteiger partial charge on any atom is -0.493 e. The second-order valence-electron chi connectivity index (χ2n) is 5.40. The lowest BCUT2D eigenvalue weighted by atomic mass is 10.1. The Balaban J connectivity index is 2.03. The molecule has 0 saturated heterocycles. The van der Waals surface area contributed by atoms with Crippen molar-refractivity contribution in [1.82, 2.24) is 10.2 Å². The zero-order valence-corrected chi connectivity index (χ0v) is 15.5. The van der Waals surface area contributed by atoms with Crippen molar-refractivity contribution in [3.8, 4) is 11.5 Å². The van der Waals surface area contributed by atoms with E-state index in [2.05, 4.69) is 41.8 Å². The number of thiophene rings is 1. The molecular formula is C17H23ClN2O2S. The monoisotopic (exact) mass is 354 g/mol. The van der Waals surface area contributed by atoms with E-state index in [1.54, 1.807) is 25.6 Å². The molecule has 1 heterocycles. The van der Waals surface area contributed by atoms with Crippen molar-refractivity contribution in [2.24, 2.45) is 0 Å². The zero-order chi connectivity index (χ0) is 16.8. The Morgan fingerprint density at radius 3 is 2.57 bits per heavy atom. The van der Waals surface area contributed by atoms with Crippen LogP contribution in [0, 0.1) is 0 Å². The third kappa shape index (κ3) is 4.38. The maximum Gasteiger partial charge on any atom is 0.179 e. The number of methoxy groups -OCH3 is 2. The van der Waals surface area contributed by atoms with E-state index in [1.807, 2.05) is 12.1 Å². The summed E-state index contributed by atoms with van der Waals surface area (Å²) >= 11 is 8.19. The average molecular weight is 355 g/mol. The van der Waals surface area contributed by atoms with Gasteiger partial charge in [-0.05, 0) is 37.2 Å². The lowest BCUT2D eigenvalue weighted by Gasteiger charge is -2.24. The van der Waals surface area contributed by atoms with Gasteiger partial charge in [-0.15, -0.1) is 11.3 Å². The fraction of sp³-hybridized carbons (Fsp3) is 0.412. The molecule has 2 rings (SSSR count). The smallest absolute Gasteiger partial charge is 0.179 e. The van der Waals surface area contributed by atoms with Crippen molar-refractivity contribution >= 4 is 22.9 Å². The molecule has 4 nitrogen and oxygen atoms in total. The van der Waals surface area contributed by atoms with Crippen LogP contribution in [-0.2, 0) is 6.54 Å². The molecule has 1 unspecified atom stereocenters. The molecule has 0 fully saturated rings. The van der Waals surface area contributed by atoms with Crippen molar-refractivity contribution in [2.75, 3.05) is 34.9 Å². The summed E-state index contributed by atoms with van der Waals surface area (Å²) in [6, 6.07) is 8.44. The summed E-state index contributed by atoms with van der Waals surface area (Å²) in [6.45, 7) is 1.52. The minimum atomic E-state index is 0.342. The third-order valence-corrected chi connectivity index (χ3v) is 5.10. The lowest BCUT2D eigenvalue weighted by Crippen LogP contribution is -2.30. The van der Waals surface area contributed by atoms with Crippen LogP contribution in [-0.4, -0.2) is 39.8 Å². The first-order valence-electron chi connectivity index (χ1n) is 7.38. The minimum absolute atomic E-state index is 0.342. The van der Waals surface area contributed by atoms with Crippen molar-refractivity contribution in [1.29, 1.82) is 0 Å². The number of hydrogen-bond donors (Lipinski definition) is 1. The van der Waals surface area contributed by atoms with E-state index >= 15 is 0 Å². The second kappa shape index (κ2) is 8.55. The van der Waals surface area contributed by atoms with Crippen LogP contribution in [0.3, 0.4) is 0 Å². The van der Waals surface area contributed by atoms with Crippen LogP contribution in [0.25, 0.3) is 0 Å². The molecule has 0 aliphatic heterocycles. The highest BCUT2D eigenvalue weighted by Crippen LogP contribution is 2.37. The Hall–Kier alpha value is -1.27. The molecule has 0 amide bonds. The zero-order valence-electron chi connectivity index (χ0n) is 13.9. The predicted molar refractivity (Wildman–Crippen MR) is 97.0 cm³/mol. The van der Waals surface area contributed by atoms with Crippen LogP contribution < -0.4 is 14.8 Å². The molecule has 1 aromatic carbocycles. The van der Waals surface area contributed by atoms with Gasteiger partial charge >= 0.3 is 0 Å². The molecule has 2 aromatic rings. The number of halogens is 1. The molecule has 0 aliphatic rings. The first-order chi connectivity index (χ1) is 11.1. The number of likely N-dealkylation sites (N-methyl/N-ethyl adjacent to an activating group) is 1. The summed E-state index contributed by atoms with van der Waals surface area (Å²) in [7, 11) is 7.39. The number of ether oxygens (including phenoxy) is 2. The molecular weight excluding hydrogens is 332 g/mol. The van der Waals surface area contributed by atoms with Gasteiger partial charge in [0.25, 0.3) is 0 Å². The van der Waals surface area contributed by atoms with Crippen molar-refractivity contribution in [2.45, 2.75) is 12.6 Å². The Labute approximate surface area is 147 Å². The number of hydrogen-bond acceptors (Lipinski definition) is 5. The number of rotatable bonds is 8. The van der Waals surface area contributed by atoms with Gasteiger partial charge in [-0.1, -0.05) is 23.7 Å². The molecule has 1 aromatic heterocycles.